The molecule has 4 aliphatic carbocycles. The topological polar surface area (TPSA) is 138 Å². The number of rotatable bonds is 3. The summed E-state index contributed by atoms with van der Waals surface area (Å²) in [6.45, 7) is 9.39. The Morgan fingerprint density at radius 3 is 2.48 bits per heavy atom. The van der Waals surface area contributed by atoms with Crippen molar-refractivity contribution in [3.05, 3.63) is 11.6 Å². The van der Waals surface area contributed by atoms with Crippen LogP contribution < -0.4 is 0 Å². The third-order valence-electron chi connectivity index (χ3n) is 13.8. The van der Waals surface area contributed by atoms with E-state index in [1.807, 2.05) is 0 Å². The average Bonchev–Trinajstić information content (AvgIpc) is 3.33. The van der Waals surface area contributed by atoms with Gasteiger partial charge in [0.2, 0.25) is 0 Å². The molecular formula is C33H52O9. The molecule has 0 bridgehead atoms. The van der Waals surface area contributed by atoms with Crippen LogP contribution in [-0.4, -0.2) is 93.0 Å². The Labute approximate surface area is 249 Å². The van der Waals surface area contributed by atoms with Crippen molar-refractivity contribution in [2.45, 2.75) is 140 Å². The van der Waals surface area contributed by atoms with Gasteiger partial charge in [-0.25, -0.2) is 0 Å². The quantitative estimate of drug-likeness (QED) is 0.313. The van der Waals surface area contributed by atoms with Crippen LogP contribution in [0.15, 0.2) is 11.6 Å². The minimum absolute atomic E-state index is 0.0517. The first-order valence-electron chi connectivity index (χ1n) is 16.6. The number of aliphatic hydroxyl groups excluding tert-OH is 4. The van der Waals surface area contributed by atoms with Crippen LogP contribution in [0, 0.1) is 40.4 Å². The Hall–Kier alpha value is -0.620. The van der Waals surface area contributed by atoms with Crippen LogP contribution in [0.4, 0.5) is 0 Å². The molecule has 16 atom stereocenters. The second kappa shape index (κ2) is 10.2. The number of hydrogen-bond donors (Lipinski definition) is 5. The number of ether oxygens (including phenoxy) is 4. The summed E-state index contributed by atoms with van der Waals surface area (Å²) in [5.41, 5.74) is 0.360. The molecule has 238 valence electrons. The summed E-state index contributed by atoms with van der Waals surface area (Å²) in [5, 5.41) is 53.0. The molecule has 0 amide bonds. The lowest BCUT2D eigenvalue weighted by Gasteiger charge is -2.60. The van der Waals surface area contributed by atoms with Crippen LogP contribution in [0.2, 0.25) is 0 Å². The normalized spacial score (nSPS) is 59.0. The molecule has 3 aliphatic heterocycles. The van der Waals surface area contributed by atoms with Gasteiger partial charge in [-0.3, -0.25) is 0 Å². The number of allylic oxidation sites excluding steroid dienone is 1. The Kier molecular flexibility index (Phi) is 7.29. The first-order valence-corrected chi connectivity index (χ1v) is 16.6. The first-order chi connectivity index (χ1) is 19.9. The summed E-state index contributed by atoms with van der Waals surface area (Å²) in [6, 6.07) is 0. The molecule has 3 saturated heterocycles. The molecule has 6 fully saturated rings. The highest BCUT2D eigenvalue weighted by atomic mass is 16.7. The smallest absolute Gasteiger partial charge is 0.186 e. The van der Waals surface area contributed by atoms with Crippen molar-refractivity contribution in [1.82, 2.24) is 0 Å². The highest BCUT2D eigenvalue weighted by Gasteiger charge is 2.76. The van der Waals surface area contributed by atoms with Gasteiger partial charge in [-0.15, -0.1) is 0 Å². The summed E-state index contributed by atoms with van der Waals surface area (Å²) >= 11 is 0. The van der Waals surface area contributed by atoms with Gasteiger partial charge in [0.1, 0.15) is 30.0 Å². The van der Waals surface area contributed by atoms with Crippen molar-refractivity contribution in [3.63, 3.8) is 0 Å². The third-order valence-corrected chi connectivity index (χ3v) is 13.8. The van der Waals surface area contributed by atoms with E-state index in [0.717, 1.165) is 57.8 Å². The van der Waals surface area contributed by atoms with E-state index in [0.29, 0.717) is 30.3 Å². The summed E-state index contributed by atoms with van der Waals surface area (Å²) < 4.78 is 25.0. The van der Waals surface area contributed by atoms with Crippen LogP contribution in [0.5, 0.6) is 0 Å². The fourth-order valence-electron chi connectivity index (χ4n) is 11.1. The Morgan fingerprint density at radius 1 is 0.976 bits per heavy atom. The van der Waals surface area contributed by atoms with Gasteiger partial charge in [-0.1, -0.05) is 39.3 Å². The van der Waals surface area contributed by atoms with Gasteiger partial charge in [-0.05, 0) is 80.5 Å². The fraction of sp³-hybridized carbons (Fsp3) is 0.939. The van der Waals surface area contributed by atoms with Crippen molar-refractivity contribution >= 4 is 0 Å². The predicted molar refractivity (Wildman–Crippen MR) is 152 cm³/mol. The van der Waals surface area contributed by atoms with Gasteiger partial charge < -0.3 is 44.5 Å². The second-order valence-electron chi connectivity index (χ2n) is 15.6. The summed E-state index contributed by atoms with van der Waals surface area (Å²) in [6.07, 6.45) is 4.17. The zero-order valence-corrected chi connectivity index (χ0v) is 25.7. The molecule has 0 aromatic carbocycles. The minimum Gasteiger partial charge on any atom is -0.394 e. The molecular weight excluding hydrogens is 540 g/mol. The standard InChI is InChI=1S/C33H52O9/c1-17-7-12-32(39-16-17)18(2)33(38)25(42-32)14-23-21-6-5-19-13-20(8-10-30(19,3)22(21)9-11-31(23,33)4)40-29-28(37)27(36)26(35)24(15-34)41-29/h5,17-18,20-29,34-38H,6-16H2,1-4H3/t17-,18-,20+,21-,22+,23+,24-,25+,26-,27?,28?,29-,30+,31+,32-,33-/m1/s1. The molecule has 1 spiro atoms. The molecule has 3 heterocycles. The van der Waals surface area contributed by atoms with E-state index in [4.69, 9.17) is 18.9 Å². The van der Waals surface area contributed by atoms with E-state index in [-0.39, 0.29) is 29.0 Å². The highest BCUT2D eigenvalue weighted by molar-refractivity contribution is 5.29. The summed E-state index contributed by atoms with van der Waals surface area (Å²) in [7, 11) is 0. The van der Waals surface area contributed by atoms with Crippen molar-refractivity contribution in [3.8, 4) is 0 Å². The van der Waals surface area contributed by atoms with Crippen LogP contribution in [-0.2, 0) is 18.9 Å². The average molecular weight is 593 g/mol. The largest absolute Gasteiger partial charge is 0.394 e. The van der Waals surface area contributed by atoms with Gasteiger partial charge in [0.05, 0.1) is 25.4 Å². The van der Waals surface area contributed by atoms with Crippen LogP contribution in [0.25, 0.3) is 0 Å². The number of hydrogen-bond acceptors (Lipinski definition) is 9. The van der Waals surface area contributed by atoms with E-state index in [1.54, 1.807) is 0 Å². The zero-order chi connectivity index (χ0) is 29.8. The van der Waals surface area contributed by atoms with Crippen molar-refractivity contribution in [2.75, 3.05) is 13.2 Å². The lowest BCUT2D eigenvalue weighted by atomic mass is 9.46. The Morgan fingerprint density at radius 2 is 1.76 bits per heavy atom. The van der Waals surface area contributed by atoms with Crippen molar-refractivity contribution in [1.29, 1.82) is 0 Å². The SMILES string of the molecule is C[C@@H]1CC[C@@]2(OC1)O[C@H]1C[C@H]3[C@@H]4CC=C5C[C@@H](O[C@@H]6O[C@H](CO)[C@@H](O)C(O)C6O)CC[C@]5(C)[C@H]4CC[C@]3(C)[C@@]1(O)[C@@H]2C. The van der Waals surface area contributed by atoms with E-state index in [9.17, 15) is 25.5 Å². The molecule has 9 nitrogen and oxygen atoms in total. The van der Waals surface area contributed by atoms with Crippen molar-refractivity contribution < 1.29 is 44.5 Å². The molecule has 42 heavy (non-hydrogen) atoms. The van der Waals surface area contributed by atoms with E-state index < -0.39 is 48.7 Å². The lowest BCUT2D eigenvalue weighted by Crippen LogP contribution is -2.60. The van der Waals surface area contributed by atoms with Gasteiger partial charge in [0, 0.05) is 17.8 Å². The monoisotopic (exact) mass is 592 g/mol. The molecule has 0 radical (unpaired) electrons. The van der Waals surface area contributed by atoms with Gasteiger partial charge in [-0.2, -0.15) is 0 Å². The molecule has 5 N–H and O–H groups in total. The van der Waals surface area contributed by atoms with Crippen LogP contribution in [0.1, 0.15) is 85.5 Å². The van der Waals surface area contributed by atoms with Crippen LogP contribution in [0.3, 0.4) is 0 Å². The molecule has 7 aliphatic rings. The molecule has 3 saturated carbocycles. The van der Waals surface area contributed by atoms with E-state index in [1.165, 1.54) is 5.57 Å². The minimum atomic E-state index is -1.43. The summed E-state index contributed by atoms with van der Waals surface area (Å²) in [5.74, 6) is 1.24. The predicted octanol–water partition coefficient (Wildman–Crippen LogP) is 2.65. The molecule has 0 aromatic rings. The van der Waals surface area contributed by atoms with Gasteiger partial charge >= 0.3 is 0 Å². The summed E-state index contributed by atoms with van der Waals surface area (Å²) in [4.78, 5) is 0. The first kappa shape index (κ1) is 30.1. The van der Waals surface area contributed by atoms with E-state index >= 15 is 0 Å². The highest BCUT2D eigenvalue weighted by Crippen LogP contribution is 2.72. The maximum absolute atomic E-state index is 12.6. The maximum atomic E-state index is 12.6. The molecule has 2 unspecified atom stereocenters. The Bertz CT molecular complexity index is 1070. The number of aliphatic hydroxyl groups is 5. The fourth-order valence-corrected chi connectivity index (χ4v) is 11.1. The molecule has 7 rings (SSSR count). The molecule has 0 aromatic heterocycles. The van der Waals surface area contributed by atoms with Crippen molar-refractivity contribution in [2.24, 2.45) is 40.4 Å². The second-order valence-corrected chi connectivity index (χ2v) is 15.6. The van der Waals surface area contributed by atoms with Gasteiger partial charge in [0.15, 0.2) is 12.1 Å². The number of fused-ring (bicyclic) bond motifs is 7. The maximum Gasteiger partial charge on any atom is 0.186 e. The third kappa shape index (κ3) is 4.00. The zero-order valence-electron chi connectivity index (χ0n) is 25.7. The molecule has 9 heteroatoms. The Balaban J connectivity index is 1.07. The van der Waals surface area contributed by atoms with Gasteiger partial charge in [0.25, 0.3) is 0 Å². The van der Waals surface area contributed by atoms with Crippen LogP contribution >= 0.6 is 0 Å². The van der Waals surface area contributed by atoms with E-state index in [2.05, 4.69) is 33.8 Å². The lowest BCUT2D eigenvalue weighted by molar-refractivity contribution is -0.313.